The van der Waals surface area contributed by atoms with Gasteiger partial charge in [0.2, 0.25) is 0 Å². The lowest BCUT2D eigenvalue weighted by atomic mass is 9.79. The topological polar surface area (TPSA) is 76.1 Å². The lowest BCUT2D eigenvalue weighted by Gasteiger charge is -2.41. The molecule has 0 saturated carbocycles. The minimum atomic E-state index is -5.17. The van der Waals surface area contributed by atoms with Gasteiger partial charge in [-0.3, -0.25) is 9.59 Å². The summed E-state index contributed by atoms with van der Waals surface area (Å²) in [4.78, 5) is 27.2. The number of carbonyl (C=O) groups excluding carboxylic acids is 1. The highest BCUT2D eigenvalue weighted by Gasteiger charge is 2.46. The summed E-state index contributed by atoms with van der Waals surface area (Å²) < 4.78 is 92.7. The van der Waals surface area contributed by atoms with Crippen LogP contribution in [-0.2, 0) is 23.7 Å². The van der Waals surface area contributed by atoms with Crippen molar-refractivity contribution in [3.05, 3.63) is 94.0 Å². The van der Waals surface area contributed by atoms with Gasteiger partial charge in [0.25, 0.3) is 5.91 Å². The molecule has 0 fully saturated rings. The van der Waals surface area contributed by atoms with Crippen LogP contribution >= 0.6 is 0 Å². The van der Waals surface area contributed by atoms with Crippen molar-refractivity contribution in [2.45, 2.75) is 30.9 Å². The second-order valence-corrected chi connectivity index (χ2v) is 8.80. The number of carboxylic acids is 1. The van der Waals surface area contributed by atoms with Gasteiger partial charge in [0.15, 0.2) is 0 Å². The number of halogens is 6. The van der Waals surface area contributed by atoms with Gasteiger partial charge in [-0.05, 0) is 47.5 Å². The largest absolute Gasteiger partial charge is 0.497 e. The molecule has 1 amide bonds. The third kappa shape index (κ3) is 5.36. The monoisotopic (exact) mass is 553 g/mol. The first-order valence-corrected chi connectivity index (χ1v) is 11.4. The summed E-state index contributed by atoms with van der Waals surface area (Å²) in [7, 11) is 2.73. The number of hydrogen-bond donors (Lipinski definition) is 1. The summed E-state index contributed by atoms with van der Waals surface area (Å²) in [6, 6.07) is 9.25. The molecule has 0 spiro atoms. The fourth-order valence-corrected chi connectivity index (χ4v) is 4.72. The number of hydrogen-bond acceptors (Lipinski definition) is 4. The van der Waals surface area contributed by atoms with Crippen molar-refractivity contribution >= 4 is 11.9 Å². The number of carbonyl (C=O) groups is 2. The van der Waals surface area contributed by atoms with Crippen LogP contribution < -0.4 is 9.47 Å². The molecule has 0 bridgehead atoms. The highest BCUT2D eigenvalue weighted by atomic mass is 19.4. The van der Waals surface area contributed by atoms with Gasteiger partial charge in [-0.25, -0.2) is 0 Å². The first-order valence-electron chi connectivity index (χ1n) is 11.4. The van der Waals surface area contributed by atoms with Crippen molar-refractivity contribution < 1.29 is 50.5 Å². The number of ether oxygens (including phenoxy) is 2. The molecular weight excluding hydrogens is 532 g/mol. The Bertz CT molecular complexity index is 1390. The summed E-state index contributed by atoms with van der Waals surface area (Å²) in [5, 5.41) is 10.2. The van der Waals surface area contributed by atoms with E-state index in [1.807, 2.05) is 0 Å². The van der Waals surface area contributed by atoms with Crippen LogP contribution in [0.5, 0.6) is 11.5 Å². The van der Waals surface area contributed by atoms with E-state index in [-0.39, 0.29) is 29.5 Å². The van der Waals surface area contributed by atoms with Gasteiger partial charge in [-0.2, -0.15) is 26.3 Å². The molecule has 12 heteroatoms. The summed E-state index contributed by atoms with van der Waals surface area (Å²) in [5.74, 6) is -3.37. The van der Waals surface area contributed by atoms with Crippen LogP contribution in [0.25, 0.3) is 0 Å². The van der Waals surface area contributed by atoms with Gasteiger partial charge in [-0.1, -0.05) is 18.2 Å². The molecule has 1 aliphatic rings. The molecule has 1 aliphatic heterocycles. The quantitative estimate of drug-likeness (QED) is 0.363. The Hall–Kier alpha value is -4.22. The van der Waals surface area contributed by atoms with E-state index >= 15 is 0 Å². The van der Waals surface area contributed by atoms with Crippen LogP contribution in [0.3, 0.4) is 0 Å². The number of carboxylic acid groups (broad SMARTS) is 1. The standard InChI is InChI=1S/C27H21F6NO5/c1-38-18-8-7-14(21(12-18)39-2)13-34-23(22(25(36)37)19-5-3-4-6-20(19)24(34)35)15-9-16(26(28,29)30)11-17(10-15)27(31,32)33/h3-12,22-23H,13H2,1-2H3,(H,36,37). The predicted molar refractivity (Wildman–Crippen MR) is 125 cm³/mol. The molecule has 1 N–H and O–H groups in total. The zero-order valence-electron chi connectivity index (χ0n) is 20.4. The molecule has 1 heterocycles. The molecule has 2 atom stereocenters. The first-order chi connectivity index (χ1) is 18.3. The Kier molecular flexibility index (Phi) is 7.24. The highest BCUT2D eigenvalue weighted by Crippen LogP contribution is 2.47. The average molecular weight is 553 g/mol. The van der Waals surface area contributed by atoms with Gasteiger partial charge in [0.05, 0.1) is 37.9 Å². The molecule has 39 heavy (non-hydrogen) atoms. The molecule has 2 unspecified atom stereocenters. The summed E-state index contributed by atoms with van der Waals surface area (Å²) in [5.41, 5.74) is -3.60. The van der Waals surface area contributed by atoms with E-state index in [0.717, 1.165) is 4.90 Å². The third-order valence-corrected chi connectivity index (χ3v) is 6.49. The van der Waals surface area contributed by atoms with Crippen molar-refractivity contribution in [1.29, 1.82) is 0 Å². The van der Waals surface area contributed by atoms with Gasteiger partial charge in [0, 0.05) is 17.2 Å². The Labute approximate surface area is 218 Å². The SMILES string of the molecule is COc1ccc(CN2C(=O)c3ccccc3C(C(=O)O)C2c2cc(C(F)(F)F)cc(C(F)(F)F)c2)c(OC)c1. The Morgan fingerprint density at radius 3 is 2.05 bits per heavy atom. The lowest BCUT2D eigenvalue weighted by Crippen LogP contribution is -2.44. The average Bonchev–Trinajstić information content (AvgIpc) is 2.88. The summed E-state index contributed by atoms with van der Waals surface area (Å²) >= 11 is 0. The van der Waals surface area contributed by atoms with Crippen molar-refractivity contribution in [2.75, 3.05) is 14.2 Å². The number of amides is 1. The van der Waals surface area contributed by atoms with Crippen LogP contribution in [0.4, 0.5) is 26.3 Å². The molecule has 6 nitrogen and oxygen atoms in total. The second kappa shape index (κ2) is 10.2. The van der Waals surface area contributed by atoms with E-state index in [2.05, 4.69) is 0 Å². The molecule has 0 saturated heterocycles. The number of aliphatic carboxylic acids is 1. The normalized spacial score (nSPS) is 17.5. The molecule has 3 aromatic rings. The fourth-order valence-electron chi connectivity index (χ4n) is 4.72. The minimum absolute atomic E-state index is 0.0242. The zero-order valence-corrected chi connectivity index (χ0v) is 20.4. The van der Waals surface area contributed by atoms with Crippen LogP contribution in [0.15, 0.2) is 60.7 Å². The molecule has 206 valence electrons. The van der Waals surface area contributed by atoms with E-state index < -0.39 is 52.9 Å². The Morgan fingerprint density at radius 2 is 1.51 bits per heavy atom. The van der Waals surface area contributed by atoms with E-state index in [1.165, 1.54) is 56.7 Å². The van der Waals surface area contributed by atoms with E-state index in [9.17, 15) is 41.0 Å². The predicted octanol–water partition coefficient (Wildman–Crippen LogP) is 6.31. The number of nitrogens with zero attached hydrogens (tertiary/aromatic N) is 1. The summed E-state index contributed by atoms with van der Waals surface area (Å²) in [6.07, 6.45) is -10.3. The molecule has 3 aromatic carbocycles. The van der Waals surface area contributed by atoms with Crippen molar-refractivity contribution in [3.8, 4) is 11.5 Å². The Balaban J connectivity index is 1.99. The van der Waals surface area contributed by atoms with Crippen molar-refractivity contribution in [3.63, 3.8) is 0 Å². The van der Waals surface area contributed by atoms with Crippen LogP contribution in [-0.4, -0.2) is 36.1 Å². The number of alkyl halides is 6. The molecule has 4 rings (SSSR count). The van der Waals surface area contributed by atoms with Crippen LogP contribution in [0, 0.1) is 0 Å². The third-order valence-electron chi connectivity index (χ3n) is 6.49. The molecular formula is C27H21F6NO5. The number of methoxy groups -OCH3 is 2. The smallest absolute Gasteiger partial charge is 0.416 e. The maximum Gasteiger partial charge on any atom is 0.416 e. The first kappa shape index (κ1) is 27.8. The van der Waals surface area contributed by atoms with E-state index in [1.54, 1.807) is 0 Å². The number of fused-ring (bicyclic) bond motifs is 1. The maximum absolute atomic E-state index is 13.7. The van der Waals surface area contributed by atoms with Crippen molar-refractivity contribution in [2.24, 2.45) is 0 Å². The van der Waals surface area contributed by atoms with E-state index in [0.29, 0.717) is 23.4 Å². The lowest BCUT2D eigenvalue weighted by molar-refractivity contribution is -0.143. The Morgan fingerprint density at radius 1 is 0.897 bits per heavy atom. The number of rotatable bonds is 6. The van der Waals surface area contributed by atoms with Gasteiger partial charge in [0.1, 0.15) is 17.4 Å². The van der Waals surface area contributed by atoms with Gasteiger partial charge >= 0.3 is 18.3 Å². The zero-order chi connectivity index (χ0) is 28.7. The molecule has 0 aliphatic carbocycles. The molecule has 0 radical (unpaired) electrons. The number of benzene rings is 3. The van der Waals surface area contributed by atoms with Crippen molar-refractivity contribution in [1.82, 2.24) is 4.90 Å². The van der Waals surface area contributed by atoms with Gasteiger partial charge in [-0.15, -0.1) is 0 Å². The fraction of sp³-hybridized carbons (Fsp3) is 0.259. The van der Waals surface area contributed by atoms with Crippen LogP contribution in [0.2, 0.25) is 0 Å². The van der Waals surface area contributed by atoms with E-state index in [4.69, 9.17) is 9.47 Å². The molecule has 0 aromatic heterocycles. The van der Waals surface area contributed by atoms with Gasteiger partial charge < -0.3 is 19.5 Å². The maximum atomic E-state index is 13.7. The summed E-state index contributed by atoms with van der Waals surface area (Å²) in [6.45, 7) is -0.383. The highest BCUT2D eigenvalue weighted by molar-refractivity contribution is 6.00. The van der Waals surface area contributed by atoms with Crippen LogP contribution in [0.1, 0.15) is 50.1 Å². The minimum Gasteiger partial charge on any atom is -0.497 e. The second-order valence-electron chi connectivity index (χ2n) is 8.80.